The summed E-state index contributed by atoms with van der Waals surface area (Å²) in [5.74, 6) is -0.804. The molecule has 0 aliphatic carbocycles. The zero-order chi connectivity index (χ0) is 12.2. The van der Waals surface area contributed by atoms with Gasteiger partial charge in [0.1, 0.15) is 11.6 Å². The molecule has 1 atom stereocenters. The van der Waals surface area contributed by atoms with Crippen LogP contribution in [-0.4, -0.2) is 26.6 Å². The van der Waals surface area contributed by atoms with Gasteiger partial charge in [0.25, 0.3) is 0 Å². The normalized spacial score (nSPS) is 13.6. The van der Waals surface area contributed by atoms with E-state index < -0.39 is 11.5 Å². The van der Waals surface area contributed by atoms with E-state index in [4.69, 9.17) is 10.4 Å². The van der Waals surface area contributed by atoms with Crippen molar-refractivity contribution in [2.75, 3.05) is 5.32 Å². The number of anilines is 1. The third-order valence-corrected chi connectivity index (χ3v) is 2.38. The number of aliphatic carboxylic acids is 1. The lowest BCUT2D eigenvalue weighted by Crippen LogP contribution is -2.43. The Labute approximate surface area is 93.0 Å². The molecule has 0 amide bonds. The molecule has 2 N–H and O–H groups in total. The summed E-state index contributed by atoms with van der Waals surface area (Å²) in [6.07, 6.45) is 3.15. The zero-order valence-electron chi connectivity index (χ0n) is 9.06. The van der Waals surface area contributed by atoms with Crippen LogP contribution in [0.4, 0.5) is 5.82 Å². The second-order valence-electron chi connectivity index (χ2n) is 3.48. The Balaban J connectivity index is 3.04. The molecule has 6 heteroatoms. The molecule has 1 heterocycles. The van der Waals surface area contributed by atoms with Crippen LogP contribution in [0.15, 0.2) is 12.4 Å². The molecular formula is C10H12N4O2. The fraction of sp³-hybridized carbons (Fsp3) is 0.400. The van der Waals surface area contributed by atoms with E-state index in [2.05, 4.69) is 15.3 Å². The van der Waals surface area contributed by atoms with Gasteiger partial charge in [0.2, 0.25) is 0 Å². The molecule has 0 bridgehead atoms. The molecular weight excluding hydrogens is 208 g/mol. The molecule has 0 aliphatic rings. The van der Waals surface area contributed by atoms with Gasteiger partial charge < -0.3 is 10.4 Å². The van der Waals surface area contributed by atoms with Gasteiger partial charge in [-0.25, -0.2) is 14.8 Å². The predicted molar refractivity (Wildman–Crippen MR) is 56.7 cm³/mol. The van der Waals surface area contributed by atoms with Crippen molar-refractivity contribution in [1.82, 2.24) is 9.97 Å². The number of aromatic nitrogens is 2. The molecule has 16 heavy (non-hydrogen) atoms. The SMILES string of the molecule is CCC(C)(Nc1nccnc1C#N)C(=O)O. The van der Waals surface area contributed by atoms with Crippen molar-refractivity contribution in [3.63, 3.8) is 0 Å². The van der Waals surface area contributed by atoms with E-state index in [1.165, 1.54) is 19.3 Å². The molecule has 0 saturated carbocycles. The minimum Gasteiger partial charge on any atom is -0.480 e. The largest absolute Gasteiger partial charge is 0.480 e. The quantitative estimate of drug-likeness (QED) is 0.785. The van der Waals surface area contributed by atoms with Crippen LogP contribution in [0.2, 0.25) is 0 Å². The number of nitrogens with one attached hydrogen (secondary N) is 1. The van der Waals surface area contributed by atoms with Gasteiger partial charge in [0, 0.05) is 12.4 Å². The minimum atomic E-state index is -1.15. The first kappa shape index (κ1) is 11.9. The van der Waals surface area contributed by atoms with E-state index in [1.807, 2.05) is 6.07 Å². The van der Waals surface area contributed by atoms with Crippen molar-refractivity contribution in [2.24, 2.45) is 0 Å². The maximum atomic E-state index is 11.1. The molecule has 0 radical (unpaired) electrons. The zero-order valence-corrected chi connectivity index (χ0v) is 9.06. The average molecular weight is 220 g/mol. The monoisotopic (exact) mass is 220 g/mol. The summed E-state index contributed by atoms with van der Waals surface area (Å²) in [6.45, 7) is 3.27. The second-order valence-corrected chi connectivity index (χ2v) is 3.48. The number of rotatable bonds is 4. The van der Waals surface area contributed by atoms with Crippen LogP contribution in [0.25, 0.3) is 0 Å². The van der Waals surface area contributed by atoms with Crippen LogP contribution in [0, 0.1) is 11.3 Å². The fourth-order valence-corrected chi connectivity index (χ4v) is 1.07. The van der Waals surface area contributed by atoms with E-state index in [-0.39, 0.29) is 11.5 Å². The van der Waals surface area contributed by atoms with Crippen molar-refractivity contribution in [2.45, 2.75) is 25.8 Å². The van der Waals surface area contributed by atoms with Gasteiger partial charge >= 0.3 is 5.97 Å². The van der Waals surface area contributed by atoms with Crippen LogP contribution >= 0.6 is 0 Å². The predicted octanol–water partition coefficient (Wildman–Crippen LogP) is 1.01. The number of nitrogens with zero attached hydrogens (tertiary/aromatic N) is 3. The summed E-state index contributed by atoms with van der Waals surface area (Å²) < 4.78 is 0. The Morgan fingerprint density at radius 1 is 1.62 bits per heavy atom. The van der Waals surface area contributed by atoms with Crippen LogP contribution in [-0.2, 0) is 4.79 Å². The van der Waals surface area contributed by atoms with E-state index in [1.54, 1.807) is 6.92 Å². The summed E-state index contributed by atoms with van der Waals surface area (Å²) in [5, 5.41) is 20.6. The Kier molecular flexibility index (Phi) is 3.40. The lowest BCUT2D eigenvalue weighted by atomic mass is 9.99. The summed E-state index contributed by atoms with van der Waals surface area (Å²) in [7, 11) is 0. The van der Waals surface area contributed by atoms with Gasteiger partial charge in [-0.15, -0.1) is 0 Å². The Morgan fingerprint density at radius 2 is 2.25 bits per heavy atom. The van der Waals surface area contributed by atoms with Gasteiger partial charge in [-0.2, -0.15) is 5.26 Å². The molecule has 6 nitrogen and oxygen atoms in total. The molecule has 0 aliphatic heterocycles. The molecule has 0 saturated heterocycles. The Hall–Kier alpha value is -2.16. The molecule has 84 valence electrons. The standard InChI is InChI=1S/C10H12N4O2/c1-3-10(2,9(15)16)14-8-7(6-11)12-4-5-13-8/h4-5H,3H2,1-2H3,(H,13,14)(H,15,16). The van der Waals surface area contributed by atoms with E-state index >= 15 is 0 Å². The maximum absolute atomic E-state index is 11.1. The highest BCUT2D eigenvalue weighted by Gasteiger charge is 2.32. The molecule has 0 fully saturated rings. The minimum absolute atomic E-state index is 0.0865. The lowest BCUT2D eigenvalue weighted by Gasteiger charge is -2.25. The molecule has 1 aromatic heterocycles. The summed E-state index contributed by atoms with van der Waals surface area (Å²) in [4.78, 5) is 18.8. The summed E-state index contributed by atoms with van der Waals surface area (Å²) in [6, 6.07) is 1.85. The molecule has 1 rings (SSSR count). The number of carboxylic acids is 1. The van der Waals surface area contributed by atoms with Crippen LogP contribution in [0.1, 0.15) is 26.0 Å². The molecule has 0 spiro atoms. The highest BCUT2D eigenvalue weighted by molar-refractivity contribution is 5.82. The lowest BCUT2D eigenvalue weighted by molar-refractivity contribution is -0.141. The maximum Gasteiger partial charge on any atom is 0.329 e. The van der Waals surface area contributed by atoms with E-state index in [0.717, 1.165) is 0 Å². The average Bonchev–Trinajstić information content (AvgIpc) is 2.29. The fourth-order valence-electron chi connectivity index (χ4n) is 1.07. The van der Waals surface area contributed by atoms with Crippen LogP contribution in [0.5, 0.6) is 0 Å². The van der Waals surface area contributed by atoms with Crippen molar-refractivity contribution in [3.05, 3.63) is 18.1 Å². The number of hydrogen-bond acceptors (Lipinski definition) is 5. The Morgan fingerprint density at radius 3 is 2.75 bits per heavy atom. The second kappa shape index (κ2) is 4.57. The molecule has 1 aromatic rings. The van der Waals surface area contributed by atoms with E-state index in [0.29, 0.717) is 6.42 Å². The highest BCUT2D eigenvalue weighted by atomic mass is 16.4. The van der Waals surface area contributed by atoms with Crippen molar-refractivity contribution in [1.29, 1.82) is 5.26 Å². The number of hydrogen-bond donors (Lipinski definition) is 2. The smallest absolute Gasteiger partial charge is 0.329 e. The first-order valence-electron chi connectivity index (χ1n) is 4.76. The van der Waals surface area contributed by atoms with Crippen LogP contribution in [0.3, 0.4) is 0 Å². The molecule has 1 unspecified atom stereocenters. The number of carbonyl (C=O) groups is 1. The van der Waals surface area contributed by atoms with Gasteiger partial charge in [-0.3, -0.25) is 0 Å². The summed E-state index contributed by atoms with van der Waals surface area (Å²) >= 11 is 0. The Bertz CT molecular complexity index is 441. The highest BCUT2D eigenvalue weighted by Crippen LogP contribution is 2.18. The topological polar surface area (TPSA) is 98.9 Å². The third kappa shape index (κ3) is 2.25. The van der Waals surface area contributed by atoms with Crippen molar-refractivity contribution in [3.8, 4) is 6.07 Å². The third-order valence-electron chi connectivity index (χ3n) is 2.38. The van der Waals surface area contributed by atoms with Crippen LogP contribution < -0.4 is 5.32 Å². The van der Waals surface area contributed by atoms with Crippen molar-refractivity contribution >= 4 is 11.8 Å². The first-order chi connectivity index (χ1) is 7.53. The number of nitriles is 1. The van der Waals surface area contributed by atoms with Gasteiger partial charge in [-0.1, -0.05) is 6.92 Å². The van der Waals surface area contributed by atoms with E-state index in [9.17, 15) is 4.79 Å². The molecule has 0 aromatic carbocycles. The van der Waals surface area contributed by atoms with Gasteiger partial charge in [0.15, 0.2) is 11.5 Å². The van der Waals surface area contributed by atoms with Crippen molar-refractivity contribution < 1.29 is 9.90 Å². The van der Waals surface area contributed by atoms with Gasteiger partial charge in [-0.05, 0) is 13.3 Å². The first-order valence-corrected chi connectivity index (χ1v) is 4.76. The van der Waals surface area contributed by atoms with Gasteiger partial charge in [0.05, 0.1) is 0 Å². The summed E-state index contributed by atoms with van der Waals surface area (Å²) in [5.41, 5.74) is -1.06. The number of carboxylic acid groups (broad SMARTS) is 1.